The maximum atomic E-state index is 11.4. The maximum Gasteiger partial charge on any atom is 0.308 e. The SMILES string of the molecule is COC(=O)C1CCC2CCCC=C2C1. The number of fused-ring (bicyclic) bond motifs is 1. The smallest absolute Gasteiger partial charge is 0.308 e. The highest BCUT2D eigenvalue weighted by Crippen LogP contribution is 2.39. The topological polar surface area (TPSA) is 26.3 Å². The van der Waals surface area contributed by atoms with Gasteiger partial charge in [0.1, 0.15) is 0 Å². The van der Waals surface area contributed by atoms with E-state index in [2.05, 4.69) is 6.08 Å². The van der Waals surface area contributed by atoms with Crippen molar-refractivity contribution in [3.8, 4) is 0 Å². The second-order valence-electron chi connectivity index (χ2n) is 4.41. The predicted molar refractivity (Wildman–Crippen MR) is 54.8 cm³/mol. The summed E-state index contributed by atoms with van der Waals surface area (Å²) in [5.74, 6) is 0.903. The molecule has 0 aromatic carbocycles. The van der Waals surface area contributed by atoms with Crippen LogP contribution in [0.5, 0.6) is 0 Å². The molecule has 0 aromatic rings. The Hall–Kier alpha value is -0.790. The Balaban J connectivity index is 2.02. The number of ether oxygens (including phenoxy) is 1. The third-order valence-corrected chi connectivity index (χ3v) is 3.57. The first-order valence-corrected chi connectivity index (χ1v) is 5.58. The van der Waals surface area contributed by atoms with E-state index in [1.54, 1.807) is 0 Å². The quantitative estimate of drug-likeness (QED) is 0.474. The molecule has 0 spiro atoms. The van der Waals surface area contributed by atoms with Crippen molar-refractivity contribution in [2.24, 2.45) is 11.8 Å². The van der Waals surface area contributed by atoms with Gasteiger partial charge in [0.15, 0.2) is 0 Å². The third-order valence-electron chi connectivity index (χ3n) is 3.57. The number of hydrogen-bond donors (Lipinski definition) is 0. The van der Waals surface area contributed by atoms with Crippen LogP contribution in [0.3, 0.4) is 0 Å². The van der Waals surface area contributed by atoms with E-state index in [0.29, 0.717) is 0 Å². The van der Waals surface area contributed by atoms with Crippen LogP contribution in [0.15, 0.2) is 11.6 Å². The lowest BCUT2D eigenvalue weighted by molar-refractivity contribution is -0.146. The molecule has 0 N–H and O–H groups in total. The van der Waals surface area contributed by atoms with Gasteiger partial charge in [0, 0.05) is 0 Å². The lowest BCUT2D eigenvalue weighted by Crippen LogP contribution is -2.25. The predicted octanol–water partition coefficient (Wildman–Crippen LogP) is 2.69. The van der Waals surface area contributed by atoms with Gasteiger partial charge in [0.2, 0.25) is 0 Å². The van der Waals surface area contributed by atoms with Crippen molar-refractivity contribution in [1.82, 2.24) is 0 Å². The monoisotopic (exact) mass is 194 g/mol. The molecule has 14 heavy (non-hydrogen) atoms. The Kier molecular flexibility index (Phi) is 2.90. The molecule has 0 amide bonds. The van der Waals surface area contributed by atoms with E-state index in [1.807, 2.05) is 0 Å². The van der Waals surface area contributed by atoms with Crippen molar-refractivity contribution in [3.63, 3.8) is 0 Å². The highest BCUT2D eigenvalue weighted by Gasteiger charge is 2.30. The van der Waals surface area contributed by atoms with Gasteiger partial charge in [-0.15, -0.1) is 0 Å². The van der Waals surface area contributed by atoms with Gasteiger partial charge in [0.05, 0.1) is 13.0 Å². The molecular formula is C12H18O2. The van der Waals surface area contributed by atoms with Crippen molar-refractivity contribution in [2.75, 3.05) is 7.11 Å². The van der Waals surface area contributed by atoms with E-state index in [9.17, 15) is 4.79 Å². The van der Waals surface area contributed by atoms with E-state index in [0.717, 1.165) is 18.8 Å². The summed E-state index contributed by atoms with van der Waals surface area (Å²) in [6, 6.07) is 0. The summed E-state index contributed by atoms with van der Waals surface area (Å²) in [7, 11) is 1.49. The molecule has 1 saturated carbocycles. The van der Waals surface area contributed by atoms with Crippen LogP contribution < -0.4 is 0 Å². The number of carbonyl (C=O) groups is 1. The molecule has 2 aliphatic rings. The average Bonchev–Trinajstić information content (AvgIpc) is 2.27. The molecule has 2 unspecified atom stereocenters. The standard InChI is InChI=1S/C12H18O2/c1-14-12(13)11-7-6-9-4-2-3-5-10(9)8-11/h5,9,11H,2-4,6-8H2,1H3. The molecular weight excluding hydrogens is 176 g/mol. The molecule has 0 aromatic heterocycles. The van der Waals surface area contributed by atoms with Crippen LogP contribution >= 0.6 is 0 Å². The summed E-state index contributed by atoms with van der Waals surface area (Å²) in [5, 5.41) is 0. The fraction of sp³-hybridized carbons (Fsp3) is 0.750. The van der Waals surface area contributed by atoms with Crippen molar-refractivity contribution in [3.05, 3.63) is 11.6 Å². The highest BCUT2D eigenvalue weighted by atomic mass is 16.5. The number of methoxy groups -OCH3 is 1. The van der Waals surface area contributed by atoms with Gasteiger partial charge in [-0.3, -0.25) is 4.79 Å². The molecule has 0 aliphatic heterocycles. The summed E-state index contributed by atoms with van der Waals surface area (Å²) in [5.41, 5.74) is 1.53. The lowest BCUT2D eigenvalue weighted by atomic mass is 9.73. The molecule has 0 heterocycles. The summed E-state index contributed by atoms with van der Waals surface area (Å²) >= 11 is 0. The lowest BCUT2D eigenvalue weighted by Gasteiger charge is -2.32. The molecule has 2 atom stereocenters. The van der Waals surface area contributed by atoms with Crippen molar-refractivity contribution >= 4 is 5.97 Å². The average molecular weight is 194 g/mol. The fourth-order valence-corrected chi connectivity index (χ4v) is 2.74. The molecule has 0 radical (unpaired) electrons. The first-order valence-electron chi connectivity index (χ1n) is 5.58. The minimum absolute atomic E-state index is 0.0186. The van der Waals surface area contributed by atoms with E-state index in [1.165, 1.54) is 38.4 Å². The number of carbonyl (C=O) groups excluding carboxylic acids is 1. The van der Waals surface area contributed by atoms with Gasteiger partial charge in [-0.1, -0.05) is 11.6 Å². The summed E-state index contributed by atoms with van der Waals surface area (Å²) in [6.07, 6.45) is 9.39. The van der Waals surface area contributed by atoms with Crippen LogP contribution in [0, 0.1) is 11.8 Å². The van der Waals surface area contributed by atoms with Crippen molar-refractivity contribution < 1.29 is 9.53 Å². The van der Waals surface area contributed by atoms with Gasteiger partial charge in [0.25, 0.3) is 0 Å². The Bertz CT molecular complexity index is 255. The number of rotatable bonds is 1. The van der Waals surface area contributed by atoms with Crippen molar-refractivity contribution in [2.45, 2.75) is 38.5 Å². The summed E-state index contributed by atoms with van der Waals surface area (Å²) < 4.78 is 4.80. The van der Waals surface area contributed by atoms with Gasteiger partial charge < -0.3 is 4.74 Å². The Morgan fingerprint density at radius 3 is 3.07 bits per heavy atom. The molecule has 0 bridgehead atoms. The first-order chi connectivity index (χ1) is 6.81. The van der Waals surface area contributed by atoms with Gasteiger partial charge in [-0.2, -0.15) is 0 Å². The van der Waals surface area contributed by atoms with Gasteiger partial charge in [-0.25, -0.2) is 0 Å². The van der Waals surface area contributed by atoms with Crippen LogP contribution in [0.2, 0.25) is 0 Å². The third kappa shape index (κ3) is 1.84. The maximum absolute atomic E-state index is 11.4. The van der Waals surface area contributed by atoms with Crippen LogP contribution in [0.4, 0.5) is 0 Å². The number of hydrogen-bond acceptors (Lipinski definition) is 2. The van der Waals surface area contributed by atoms with Gasteiger partial charge in [-0.05, 0) is 44.4 Å². The van der Waals surface area contributed by atoms with Crippen molar-refractivity contribution in [1.29, 1.82) is 0 Å². The zero-order valence-electron chi connectivity index (χ0n) is 8.79. The normalized spacial score (nSPS) is 31.6. The molecule has 0 saturated heterocycles. The van der Waals surface area contributed by atoms with Crippen LogP contribution in [-0.4, -0.2) is 13.1 Å². The Labute approximate surface area is 85.3 Å². The molecule has 78 valence electrons. The summed E-state index contributed by atoms with van der Waals surface area (Å²) in [4.78, 5) is 11.4. The Morgan fingerprint density at radius 1 is 1.43 bits per heavy atom. The second-order valence-corrected chi connectivity index (χ2v) is 4.41. The number of esters is 1. The molecule has 1 fully saturated rings. The first kappa shape index (κ1) is 9.75. The largest absolute Gasteiger partial charge is 0.469 e. The molecule has 2 nitrogen and oxygen atoms in total. The van der Waals surface area contributed by atoms with Crippen LogP contribution in [0.1, 0.15) is 38.5 Å². The number of allylic oxidation sites excluding steroid dienone is 2. The van der Waals surface area contributed by atoms with E-state index >= 15 is 0 Å². The molecule has 2 aliphatic carbocycles. The Morgan fingerprint density at radius 2 is 2.29 bits per heavy atom. The van der Waals surface area contributed by atoms with Crippen LogP contribution in [0.25, 0.3) is 0 Å². The van der Waals surface area contributed by atoms with Crippen LogP contribution in [-0.2, 0) is 9.53 Å². The molecule has 2 heteroatoms. The minimum Gasteiger partial charge on any atom is -0.469 e. The zero-order valence-corrected chi connectivity index (χ0v) is 8.79. The van der Waals surface area contributed by atoms with E-state index in [4.69, 9.17) is 4.74 Å². The molecule has 2 rings (SSSR count). The van der Waals surface area contributed by atoms with Gasteiger partial charge >= 0.3 is 5.97 Å². The fourth-order valence-electron chi connectivity index (χ4n) is 2.74. The zero-order chi connectivity index (χ0) is 9.97. The minimum atomic E-state index is -0.0186. The highest BCUT2D eigenvalue weighted by molar-refractivity contribution is 5.72. The second kappa shape index (κ2) is 4.16. The van der Waals surface area contributed by atoms with E-state index < -0.39 is 0 Å². The summed E-state index contributed by atoms with van der Waals surface area (Å²) in [6.45, 7) is 0. The van der Waals surface area contributed by atoms with E-state index in [-0.39, 0.29) is 11.9 Å².